The van der Waals surface area contributed by atoms with Crippen molar-refractivity contribution < 1.29 is 43.0 Å². The van der Waals surface area contributed by atoms with Gasteiger partial charge in [0.2, 0.25) is 0 Å². The van der Waals surface area contributed by atoms with Crippen molar-refractivity contribution >= 4 is 19.8 Å². The Balaban J connectivity index is 4.07. The minimum Gasteiger partial charge on any atom is -0.462 e. The number of carbonyl (C=O) groups is 2. The van der Waals surface area contributed by atoms with E-state index in [-0.39, 0.29) is 19.4 Å². The van der Waals surface area contributed by atoms with Crippen molar-refractivity contribution in [1.29, 1.82) is 0 Å². The summed E-state index contributed by atoms with van der Waals surface area (Å²) in [6.07, 6.45) is 30.6. The van der Waals surface area contributed by atoms with Gasteiger partial charge in [0.15, 0.2) is 6.10 Å². The highest BCUT2D eigenvalue weighted by molar-refractivity contribution is 7.46. The van der Waals surface area contributed by atoms with Gasteiger partial charge in [0.25, 0.3) is 0 Å². The van der Waals surface area contributed by atoms with Gasteiger partial charge in [-0.05, 0) is 38.5 Å². The van der Waals surface area contributed by atoms with Crippen molar-refractivity contribution in [3.05, 3.63) is 36.5 Å². The van der Waals surface area contributed by atoms with Crippen molar-refractivity contribution in [3.63, 3.8) is 0 Å². The summed E-state index contributed by atoms with van der Waals surface area (Å²) >= 11 is 0. The van der Waals surface area contributed by atoms with E-state index < -0.39 is 38.6 Å². The van der Waals surface area contributed by atoms with Crippen LogP contribution in [0.15, 0.2) is 36.5 Å². The van der Waals surface area contributed by atoms with Gasteiger partial charge in [-0.2, -0.15) is 0 Å². The number of allylic oxidation sites excluding steroid dienone is 4. The van der Waals surface area contributed by atoms with Gasteiger partial charge in [-0.1, -0.05) is 134 Å². The number of rotatable bonds is 31. The number of hydrogen-bond donors (Lipinski definition) is 3. The molecule has 0 saturated heterocycles. The molecule has 9 nitrogen and oxygen atoms in total. The molecule has 2 atom stereocenters. The molecule has 0 aromatic carbocycles. The van der Waals surface area contributed by atoms with Crippen LogP contribution in [0.25, 0.3) is 0 Å². The van der Waals surface area contributed by atoms with Crippen LogP contribution >= 0.6 is 7.82 Å². The minimum atomic E-state index is -4.76. The average molecular weight is 659 g/mol. The number of phosphoric acid groups is 1. The van der Waals surface area contributed by atoms with Crippen LogP contribution in [0.2, 0.25) is 0 Å². The zero-order valence-corrected chi connectivity index (χ0v) is 29.0. The van der Waals surface area contributed by atoms with Crippen LogP contribution in [-0.2, 0) is 28.2 Å². The molecule has 0 saturated carbocycles. The fourth-order valence-electron chi connectivity index (χ4n) is 4.64. The number of hydrogen-bond acceptors (Lipinski definition) is 7. The summed E-state index contributed by atoms with van der Waals surface area (Å²) in [6.45, 7) is 3.42. The fraction of sp³-hybridized carbons (Fsp3) is 0.771. The molecule has 45 heavy (non-hydrogen) atoms. The van der Waals surface area contributed by atoms with Crippen molar-refractivity contribution in [1.82, 2.24) is 0 Å². The molecule has 0 aliphatic heterocycles. The maximum absolute atomic E-state index is 12.3. The molecule has 0 bridgehead atoms. The summed E-state index contributed by atoms with van der Waals surface area (Å²) in [7, 11) is -4.76. The number of carbonyl (C=O) groups excluding carboxylic acids is 2. The maximum Gasteiger partial charge on any atom is 0.469 e. The van der Waals surface area contributed by atoms with E-state index in [4.69, 9.17) is 19.3 Å². The predicted molar refractivity (Wildman–Crippen MR) is 181 cm³/mol. The van der Waals surface area contributed by atoms with Crippen molar-refractivity contribution in [3.8, 4) is 0 Å². The molecule has 0 rings (SSSR count). The Morgan fingerprint density at radius 1 is 0.689 bits per heavy atom. The van der Waals surface area contributed by atoms with Gasteiger partial charge in [0.1, 0.15) is 6.61 Å². The number of esters is 2. The molecule has 0 aromatic heterocycles. The molecular weight excluding hydrogens is 595 g/mol. The smallest absolute Gasteiger partial charge is 0.462 e. The van der Waals surface area contributed by atoms with E-state index >= 15 is 0 Å². The molecule has 1 unspecified atom stereocenters. The largest absolute Gasteiger partial charge is 0.469 e. The van der Waals surface area contributed by atoms with E-state index in [0.717, 1.165) is 57.8 Å². The van der Waals surface area contributed by atoms with Crippen molar-refractivity contribution in [2.24, 2.45) is 0 Å². The lowest BCUT2D eigenvalue weighted by Gasteiger charge is -2.18. The average Bonchev–Trinajstić information content (AvgIpc) is 2.99. The van der Waals surface area contributed by atoms with Crippen molar-refractivity contribution in [2.45, 2.75) is 161 Å². The molecule has 0 aliphatic rings. The Hall–Kier alpha value is -1.77. The van der Waals surface area contributed by atoms with Crippen LogP contribution < -0.4 is 0 Å². The molecule has 0 heterocycles. The van der Waals surface area contributed by atoms with E-state index in [0.29, 0.717) is 19.3 Å². The molecule has 0 aliphatic carbocycles. The number of aliphatic hydroxyl groups is 1. The normalized spacial score (nSPS) is 13.6. The van der Waals surface area contributed by atoms with E-state index in [9.17, 15) is 19.3 Å². The topological polar surface area (TPSA) is 140 Å². The highest BCUT2D eigenvalue weighted by Gasteiger charge is 2.22. The van der Waals surface area contributed by atoms with Gasteiger partial charge < -0.3 is 24.4 Å². The van der Waals surface area contributed by atoms with Crippen LogP contribution in [0.4, 0.5) is 0 Å². The van der Waals surface area contributed by atoms with E-state index in [2.05, 4.69) is 24.4 Å². The molecule has 0 amide bonds. The van der Waals surface area contributed by atoms with E-state index in [1.807, 2.05) is 24.3 Å². The number of aliphatic hydroxyl groups excluding tert-OH is 1. The third-order valence-electron chi connectivity index (χ3n) is 7.25. The lowest BCUT2D eigenvalue weighted by molar-refractivity contribution is -0.161. The molecule has 0 spiro atoms. The van der Waals surface area contributed by atoms with Gasteiger partial charge in [-0.15, -0.1) is 0 Å². The molecule has 262 valence electrons. The molecule has 0 aromatic rings. The lowest BCUT2D eigenvalue weighted by Crippen LogP contribution is -2.29. The number of ether oxygens (including phenoxy) is 2. The summed E-state index contributed by atoms with van der Waals surface area (Å²) in [5, 5.41) is 9.81. The minimum absolute atomic E-state index is 0.198. The van der Waals surface area contributed by atoms with Gasteiger partial charge in [-0.3, -0.25) is 14.1 Å². The third-order valence-corrected chi connectivity index (χ3v) is 7.74. The first kappa shape index (κ1) is 43.2. The first-order chi connectivity index (χ1) is 21.7. The second-order valence-corrected chi connectivity index (χ2v) is 12.9. The Labute approximate surface area is 273 Å². The van der Waals surface area contributed by atoms with Gasteiger partial charge in [0.05, 0.1) is 12.7 Å². The molecule has 3 N–H and O–H groups in total. The van der Waals surface area contributed by atoms with Crippen LogP contribution in [0.1, 0.15) is 149 Å². The summed E-state index contributed by atoms with van der Waals surface area (Å²) < 4.78 is 26.2. The standard InChI is InChI=1S/C35H63O9P/c1-3-5-7-8-9-10-11-14-18-21-25-29-35(38)44-33(31-43-45(39,40)41)30-42-34(37)28-24-20-17-15-12-13-16-19-23-27-32(36)26-22-6-4-2/h6,16,19,22-23,27,32-33,36H,3-5,7-15,17-18,20-21,24-26,28-31H2,1-2H3,(H2,39,40,41)/b19-16+,22-6+,27-23+/t32?,33-/m1/s1. The second-order valence-electron chi connectivity index (χ2n) is 11.7. The molecular formula is C35H63O9P. The summed E-state index contributed by atoms with van der Waals surface area (Å²) in [4.78, 5) is 42.5. The van der Waals surface area contributed by atoms with Gasteiger partial charge in [0, 0.05) is 12.8 Å². The highest BCUT2D eigenvalue weighted by Crippen LogP contribution is 2.36. The zero-order chi connectivity index (χ0) is 33.4. The van der Waals surface area contributed by atoms with E-state index in [1.165, 1.54) is 44.9 Å². The Bertz CT molecular complexity index is 850. The Kier molecular flexibility index (Phi) is 29.6. The lowest BCUT2D eigenvalue weighted by atomic mass is 10.1. The zero-order valence-electron chi connectivity index (χ0n) is 28.1. The van der Waals surface area contributed by atoms with Crippen LogP contribution in [-0.4, -0.2) is 52.3 Å². The first-order valence-electron chi connectivity index (χ1n) is 17.4. The van der Waals surface area contributed by atoms with E-state index in [1.54, 1.807) is 6.08 Å². The number of phosphoric ester groups is 1. The number of unbranched alkanes of at least 4 members (excludes halogenated alkanes) is 15. The Morgan fingerprint density at radius 2 is 1.24 bits per heavy atom. The molecule has 0 radical (unpaired) electrons. The SMILES string of the molecule is CC/C=C/CC(O)/C=C/C=C/CCCCCCCC(=O)OC[C@H](COP(=O)(O)O)OC(=O)CCCCCCCCCCCCC. The molecule has 0 fully saturated rings. The molecule has 10 heteroatoms. The summed E-state index contributed by atoms with van der Waals surface area (Å²) in [5.74, 6) is -0.940. The van der Waals surface area contributed by atoms with Crippen LogP contribution in [0.3, 0.4) is 0 Å². The monoisotopic (exact) mass is 658 g/mol. The third kappa shape index (κ3) is 33.4. The van der Waals surface area contributed by atoms with Crippen molar-refractivity contribution in [2.75, 3.05) is 13.2 Å². The maximum atomic E-state index is 12.3. The predicted octanol–water partition coefficient (Wildman–Crippen LogP) is 8.81. The van der Waals surface area contributed by atoms with Crippen LogP contribution in [0.5, 0.6) is 0 Å². The van der Waals surface area contributed by atoms with Gasteiger partial charge in [-0.25, -0.2) is 4.57 Å². The van der Waals surface area contributed by atoms with Crippen LogP contribution in [0, 0.1) is 0 Å². The fourth-order valence-corrected chi connectivity index (χ4v) is 5.00. The Morgan fingerprint density at radius 3 is 1.82 bits per heavy atom. The summed E-state index contributed by atoms with van der Waals surface area (Å²) in [6, 6.07) is 0. The second kappa shape index (κ2) is 30.9. The highest BCUT2D eigenvalue weighted by atomic mass is 31.2. The summed E-state index contributed by atoms with van der Waals surface area (Å²) in [5.41, 5.74) is 0. The quantitative estimate of drug-likeness (QED) is 0.0219. The first-order valence-corrected chi connectivity index (χ1v) is 18.9. The van der Waals surface area contributed by atoms with Gasteiger partial charge >= 0.3 is 19.8 Å².